The number of aromatic nitrogens is 2. The van der Waals surface area contributed by atoms with E-state index in [1.54, 1.807) is 6.92 Å². The molecular formula is C14H14N4OS. The van der Waals surface area contributed by atoms with Crippen LogP contribution < -0.4 is 11.3 Å². The SMILES string of the molecule is Cc1cc(=O)[nH]c(SCC(N)(C#N)c2ccccc2)n1. The molecule has 0 radical (unpaired) electrons. The summed E-state index contributed by atoms with van der Waals surface area (Å²) in [7, 11) is 0. The van der Waals surface area contributed by atoms with Gasteiger partial charge in [0.1, 0.15) is 5.54 Å². The molecule has 0 aliphatic rings. The summed E-state index contributed by atoms with van der Waals surface area (Å²) in [6.45, 7) is 1.75. The number of thioether (sulfide) groups is 1. The summed E-state index contributed by atoms with van der Waals surface area (Å²) >= 11 is 1.26. The number of rotatable bonds is 4. The molecule has 0 saturated heterocycles. The Balaban J connectivity index is 2.20. The number of hydrogen-bond acceptors (Lipinski definition) is 5. The van der Waals surface area contributed by atoms with E-state index >= 15 is 0 Å². The highest BCUT2D eigenvalue weighted by atomic mass is 32.2. The molecule has 1 unspecified atom stereocenters. The van der Waals surface area contributed by atoms with Gasteiger partial charge in [-0.1, -0.05) is 42.1 Å². The van der Waals surface area contributed by atoms with Crippen LogP contribution in [0.25, 0.3) is 0 Å². The first-order valence-corrected chi connectivity index (χ1v) is 6.98. The molecular weight excluding hydrogens is 272 g/mol. The molecule has 0 amide bonds. The third-order valence-electron chi connectivity index (χ3n) is 2.77. The van der Waals surface area contributed by atoms with Gasteiger partial charge in [-0.3, -0.25) is 4.79 Å². The molecule has 5 nitrogen and oxygen atoms in total. The molecule has 1 aromatic heterocycles. The van der Waals surface area contributed by atoms with Crippen molar-refractivity contribution in [2.75, 3.05) is 5.75 Å². The maximum absolute atomic E-state index is 11.4. The normalized spacial score (nSPS) is 13.4. The van der Waals surface area contributed by atoms with Gasteiger partial charge < -0.3 is 10.7 Å². The molecule has 20 heavy (non-hydrogen) atoms. The van der Waals surface area contributed by atoms with E-state index in [0.29, 0.717) is 16.6 Å². The van der Waals surface area contributed by atoms with Gasteiger partial charge in [-0.05, 0) is 12.5 Å². The lowest BCUT2D eigenvalue weighted by Gasteiger charge is -2.21. The van der Waals surface area contributed by atoms with Crippen LogP contribution in [-0.4, -0.2) is 15.7 Å². The Hall–Kier alpha value is -2.10. The Morgan fingerprint density at radius 2 is 2.15 bits per heavy atom. The van der Waals surface area contributed by atoms with Gasteiger partial charge in [-0.2, -0.15) is 5.26 Å². The molecule has 2 aromatic rings. The first-order valence-electron chi connectivity index (χ1n) is 6.00. The van der Waals surface area contributed by atoms with Crippen molar-refractivity contribution in [1.29, 1.82) is 5.26 Å². The van der Waals surface area contributed by atoms with Crippen LogP contribution >= 0.6 is 11.8 Å². The third-order valence-corrected chi connectivity index (χ3v) is 3.84. The van der Waals surface area contributed by atoms with Crippen LogP contribution in [0.1, 0.15) is 11.3 Å². The first-order chi connectivity index (χ1) is 9.53. The number of nitrogens with zero attached hydrogens (tertiary/aromatic N) is 2. The van der Waals surface area contributed by atoms with Crippen molar-refractivity contribution in [1.82, 2.24) is 9.97 Å². The summed E-state index contributed by atoms with van der Waals surface area (Å²) in [5.41, 5.74) is 6.19. The molecule has 0 bridgehead atoms. The van der Waals surface area contributed by atoms with E-state index in [1.165, 1.54) is 17.8 Å². The number of benzene rings is 1. The van der Waals surface area contributed by atoms with Crippen molar-refractivity contribution in [2.24, 2.45) is 5.73 Å². The summed E-state index contributed by atoms with van der Waals surface area (Å²) in [5, 5.41) is 9.81. The third kappa shape index (κ3) is 3.26. The number of H-pyrrole nitrogens is 1. The summed E-state index contributed by atoms with van der Waals surface area (Å²) in [4.78, 5) is 18.2. The van der Waals surface area contributed by atoms with Crippen molar-refractivity contribution in [3.8, 4) is 6.07 Å². The zero-order chi connectivity index (χ0) is 14.6. The van der Waals surface area contributed by atoms with Crippen LogP contribution in [-0.2, 0) is 5.54 Å². The monoisotopic (exact) mass is 286 g/mol. The van der Waals surface area contributed by atoms with Gasteiger partial charge in [0.25, 0.3) is 5.56 Å². The number of nitrogens with one attached hydrogen (secondary N) is 1. The topological polar surface area (TPSA) is 95.6 Å². The van der Waals surface area contributed by atoms with Gasteiger partial charge in [0.2, 0.25) is 0 Å². The number of aryl methyl sites for hydroxylation is 1. The molecule has 0 fully saturated rings. The Bertz CT molecular complexity index is 692. The van der Waals surface area contributed by atoms with E-state index in [0.717, 1.165) is 5.56 Å². The Morgan fingerprint density at radius 1 is 1.45 bits per heavy atom. The van der Waals surface area contributed by atoms with Gasteiger partial charge >= 0.3 is 0 Å². The molecule has 0 saturated carbocycles. The molecule has 0 spiro atoms. The van der Waals surface area contributed by atoms with Gasteiger partial charge in [-0.25, -0.2) is 4.98 Å². The van der Waals surface area contributed by atoms with Crippen molar-refractivity contribution in [2.45, 2.75) is 17.6 Å². The average Bonchev–Trinajstić information content (AvgIpc) is 2.45. The summed E-state index contributed by atoms with van der Waals surface area (Å²) in [5.74, 6) is 0.305. The lowest BCUT2D eigenvalue weighted by atomic mass is 9.95. The van der Waals surface area contributed by atoms with E-state index in [1.807, 2.05) is 30.3 Å². The van der Waals surface area contributed by atoms with Crippen molar-refractivity contribution < 1.29 is 0 Å². The first kappa shape index (κ1) is 14.3. The highest BCUT2D eigenvalue weighted by molar-refractivity contribution is 7.99. The molecule has 2 rings (SSSR count). The smallest absolute Gasteiger partial charge is 0.251 e. The zero-order valence-electron chi connectivity index (χ0n) is 11.0. The average molecular weight is 286 g/mol. The maximum atomic E-state index is 11.4. The number of aromatic amines is 1. The highest BCUT2D eigenvalue weighted by Gasteiger charge is 2.27. The van der Waals surface area contributed by atoms with Crippen molar-refractivity contribution in [3.05, 3.63) is 58.0 Å². The highest BCUT2D eigenvalue weighted by Crippen LogP contribution is 2.25. The Morgan fingerprint density at radius 3 is 2.75 bits per heavy atom. The number of nitrogens with two attached hydrogens (primary N) is 1. The molecule has 1 aromatic carbocycles. The van der Waals surface area contributed by atoms with Gasteiger partial charge in [-0.15, -0.1) is 0 Å². The number of hydrogen-bond donors (Lipinski definition) is 2. The van der Waals surface area contributed by atoms with Gasteiger partial charge in [0.15, 0.2) is 5.16 Å². The maximum Gasteiger partial charge on any atom is 0.251 e. The van der Waals surface area contributed by atoms with Gasteiger partial charge in [0.05, 0.1) is 6.07 Å². The lowest BCUT2D eigenvalue weighted by Crippen LogP contribution is -2.37. The van der Waals surface area contributed by atoms with Crippen molar-refractivity contribution >= 4 is 11.8 Å². The second kappa shape index (κ2) is 5.90. The minimum absolute atomic E-state index is 0.209. The van der Waals surface area contributed by atoms with E-state index in [4.69, 9.17) is 5.73 Å². The second-order valence-corrected chi connectivity index (χ2v) is 5.39. The van der Waals surface area contributed by atoms with Crippen molar-refractivity contribution in [3.63, 3.8) is 0 Å². The predicted molar refractivity (Wildman–Crippen MR) is 78.2 cm³/mol. The zero-order valence-corrected chi connectivity index (χ0v) is 11.8. The molecule has 1 heterocycles. The second-order valence-electron chi connectivity index (χ2n) is 4.43. The fourth-order valence-corrected chi connectivity index (χ4v) is 2.69. The van der Waals surface area contributed by atoms with E-state index < -0.39 is 5.54 Å². The van der Waals surface area contributed by atoms with Crippen LogP contribution in [0.2, 0.25) is 0 Å². The predicted octanol–water partition coefficient (Wildman–Crippen LogP) is 1.55. The molecule has 0 aliphatic heterocycles. The van der Waals surface area contributed by atoms with E-state index in [-0.39, 0.29) is 5.56 Å². The minimum atomic E-state index is -1.12. The molecule has 0 aliphatic carbocycles. The van der Waals surface area contributed by atoms with Crippen LogP contribution in [0, 0.1) is 18.3 Å². The Kier molecular flexibility index (Phi) is 4.23. The lowest BCUT2D eigenvalue weighted by molar-refractivity contribution is 0.657. The van der Waals surface area contributed by atoms with Crippen LogP contribution in [0.5, 0.6) is 0 Å². The molecule has 6 heteroatoms. The largest absolute Gasteiger partial charge is 0.309 e. The molecule has 102 valence electrons. The van der Waals surface area contributed by atoms with E-state index in [9.17, 15) is 10.1 Å². The molecule has 3 N–H and O–H groups in total. The standard InChI is InChI=1S/C14H14N4OS/c1-10-7-12(19)18-13(17-10)20-9-14(16,8-15)11-5-3-2-4-6-11/h2-7H,9,16H2,1H3,(H,17,18,19). The van der Waals surface area contributed by atoms with Crippen LogP contribution in [0.3, 0.4) is 0 Å². The summed E-state index contributed by atoms with van der Waals surface area (Å²) in [6.07, 6.45) is 0. The summed E-state index contributed by atoms with van der Waals surface area (Å²) in [6, 6.07) is 12.7. The number of nitriles is 1. The fourth-order valence-electron chi connectivity index (χ4n) is 1.72. The fraction of sp³-hybridized carbons (Fsp3) is 0.214. The Labute approximate surface area is 120 Å². The molecule has 1 atom stereocenters. The van der Waals surface area contributed by atoms with Gasteiger partial charge in [0, 0.05) is 17.5 Å². The minimum Gasteiger partial charge on any atom is -0.309 e. The van der Waals surface area contributed by atoms with E-state index in [2.05, 4.69) is 16.0 Å². The summed E-state index contributed by atoms with van der Waals surface area (Å²) < 4.78 is 0. The van der Waals surface area contributed by atoms with Crippen LogP contribution in [0.15, 0.2) is 46.3 Å². The quantitative estimate of drug-likeness (QED) is 0.656. The van der Waals surface area contributed by atoms with Crippen LogP contribution in [0.4, 0.5) is 0 Å².